The highest BCUT2D eigenvalue weighted by Gasteiger charge is 2.32. The van der Waals surface area contributed by atoms with Crippen molar-refractivity contribution in [2.45, 2.75) is 38.1 Å². The molecule has 24 heavy (non-hydrogen) atoms. The van der Waals surface area contributed by atoms with Crippen LogP contribution in [0.15, 0.2) is 34.8 Å². The maximum Gasteiger partial charge on any atom is 0.225 e. The summed E-state index contributed by atoms with van der Waals surface area (Å²) in [6.45, 7) is 1.67. The number of hydrogen-bond acceptors (Lipinski definition) is 3. The predicted molar refractivity (Wildman–Crippen MR) is 100 cm³/mol. The fourth-order valence-electron chi connectivity index (χ4n) is 3.90. The summed E-state index contributed by atoms with van der Waals surface area (Å²) >= 11 is 3.49. The molecule has 1 aliphatic heterocycles. The molecule has 1 amide bonds. The zero-order valence-corrected chi connectivity index (χ0v) is 15.3. The van der Waals surface area contributed by atoms with E-state index in [0.29, 0.717) is 11.9 Å². The highest BCUT2D eigenvalue weighted by atomic mass is 79.9. The van der Waals surface area contributed by atoms with Crippen molar-refractivity contribution < 1.29 is 4.79 Å². The minimum absolute atomic E-state index is 0.279. The summed E-state index contributed by atoms with van der Waals surface area (Å²) in [5.41, 5.74) is 0.986. The Morgan fingerprint density at radius 1 is 1.17 bits per heavy atom. The lowest BCUT2D eigenvalue weighted by atomic mass is 10.1. The van der Waals surface area contributed by atoms with E-state index in [1.165, 1.54) is 12.8 Å². The molecule has 4 nitrogen and oxygen atoms in total. The summed E-state index contributed by atoms with van der Waals surface area (Å²) in [6, 6.07) is 10.5. The molecule has 1 aliphatic carbocycles. The summed E-state index contributed by atoms with van der Waals surface area (Å²) in [4.78, 5) is 19.3. The summed E-state index contributed by atoms with van der Waals surface area (Å²) in [7, 11) is 0. The van der Waals surface area contributed by atoms with E-state index in [1.54, 1.807) is 0 Å². The van der Waals surface area contributed by atoms with E-state index in [1.807, 2.05) is 23.1 Å². The van der Waals surface area contributed by atoms with Gasteiger partial charge in [0, 0.05) is 34.9 Å². The van der Waals surface area contributed by atoms with E-state index in [0.717, 1.165) is 53.5 Å². The first kappa shape index (κ1) is 15.9. The number of halogens is 1. The Morgan fingerprint density at radius 3 is 2.83 bits per heavy atom. The Hall–Kier alpha value is -1.62. The zero-order valence-electron chi connectivity index (χ0n) is 13.7. The Balaban J connectivity index is 1.41. The van der Waals surface area contributed by atoms with Crippen LogP contribution in [0.25, 0.3) is 10.9 Å². The normalized spacial score (nSPS) is 21.5. The smallest absolute Gasteiger partial charge is 0.225 e. The van der Waals surface area contributed by atoms with Crippen molar-refractivity contribution in [3.8, 4) is 0 Å². The molecule has 1 aromatic carbocycles. The molecule has 2 heterocycles. The molecule has 0 radical (unpaired) electrons. The number of benzene rings is 1. The number of pyridine rings is 1. The number of amides is 1. The molecular weight excluding hydrogens is 366 g/mol. The highest BCUT2D eigenvalue weighted by molar-refractivity contribution is 9.10. The lowest BCUT2D eigenvalue weighted by Crippen LogP contribution is -2.35. The zero-order chi connectivity index (χ0) is 16.5. The minimum Gasteiger partial charge on any atom is -0.365 e. The molecule has 2 aromatic rings. The Kier molecular flexibility index (Phi) is 4.44. The number of rotatable bonds is 3. The van der Waals surface area contributed by atoms with Crippen LogP contribution in [-0.2, 0) is 4.79 Å². The number of nitrogens with one attached hydrogen (secondary N) is 1. The largest absolute Gasteiger partial charge is 0.365 e. The average Bonchev–Trinajstić information content (AvgIpc) is 3.26. The molecule has 1 unspecified atom stereocenters. The molecule has 1 saturated heterocycles. The Labute approximate surface area is 150 Å². The van der Waals surface area contributed by atoms with Crippen LogP contribution in [0, 0.1) is 5.92 Å². The summed E-state index contributed by atoms with van der Waals surface area (Å²) in [6.07, 6.45) is 5.58. The van der Waals surface area contributed by atoms with Gasteiger partial charge in [-0.15, -0.1) is 0 Å². The van der Waals surface area contributed by atoms with Crippen LogP contribution < -0.4 is 5.32 Å². The second kappa shape index (κ2) is 6.71. The number of nitrogens with zero attached hydrogens (tertiary/aromatic N) is 2. The van der Waals surface area contributed by atoms with Crippen LogP contribution >= 0.6 is 15.9 Å². The standard InChI is InChI=1S/C19H22BrN3O/c20-15-6-7-17-14(11-15)5-8-18(22-17)21-16-9-10-23(12-16)19(24)13-3-1-2-4-13/h5-8,11,13,16H,1-4,9-10,12H2,(H,21,22). The van der Waals surface area contributed by atoms with Gasteiger partial charge < -0.3 is 10.2 Å². The van der Waals surface area contributed by atoms with Crippen LogP contribution in [0.4, 0.5) is 5.82 Å². The van der Waals surface area contributed by atoms with Gasteiger partial charge in [-0.25, -0.2) is 4.98 Å². The number of fused-ring (bicyclic) bond motifs is 1. The van der Waals surface area contributed by atoms with Crippen molar-refractivity contribution in [2.24, 2.45) is 5.92 Å². The third-order valence-corrected chi connectivity index (χ3v) is 5.70. The van der Waals surface area contributed by atoms with Crippen molar-refractivity contribution in [3.63, 3.8) is 0 Å². The van der Waals surface area contributed by atoms with E-state index in [2.05, 4.69) is 33.4 Å². The van der Waals surface area contributed by atoms with Gasteiger partial charge in [0.1, 0.15) is 5.82 Å². The molecule has 5 heteroatoms. The van der Waals surface area contributed by atoms with Crippen molar-refractivity contribution in [1.82, 2.24) is 9.88 Å². The number of hydrogen-bond donors (Lipinski definition) is 1. The van der Waals surface area contributed by atoms with Gasteiger partial charge in [-0.1, -0.05) is 28.8 Å². The molecule has 0 spiro atoms. The van der Waals surface area contributed by atoms with Crippen LogP contribution in [-0.4, -0.2) is 34.9 Å². The summed E-state index contributed by atoms with van der Waals surface area (Å²) in [5, 5.41) is 4.63. The van der Waals surface area contributed by atoms with Crippen LogP contribution in [0.3, 0.4) is 0 Å². The molecule has 2 aliphatic rings. The van der Waals surface area contributed by atoms with Gasteiger partial charge in [0.15, 0.2) is 0 Å². The lowest BCUT2D eigenvalue weighted by molar-refractivity contribution is -0.134. The van der Waals surface area contributed by atoms with Crippen molar-refractivity contribution in [3.05, 3.63) is 34.8 Å². The first-order valence-corrected chi connectivity index (χ1v) is 9.60. The lowest BCUT2D eigenvalue weighted by Gasteiger charge is -2.21. The molecule has 1 atom stereocenters. The fraction of sp³-hybridized carbons (Fsp3) is 0.474. The van der Waals surface area contributed by atoms with Crippen LogP contribution in [0.2, 0.25) is 0 Å². The Morgan fingerprint density at radius 2 is 2.00 bits per heavy atom. The highest BCUT2D eigenvalue weighted by Crippen LogP contribution is 2.28. The molecule has 126 valence electrons. The predicted octanol–water partition coefficient (Wildman–Crippen LogP) is 4.20. The van der Waals surface area contributed by atoms with Gasteiger partial charge in [-0.3, -0.25) is 4.79 Å². The van der Waals surface area contributed by atoms with Crippen LogP contribution in [0.5, 0.6) is 0 Å². The maximum atomic E-state index is 12.5. The number of carbonyl (C=O) groups is 1. The first-order chi connectivity index (χ1) is 11.7. The van der Waals surface area contributed by atoms with E-state index in [4.69, 9.17) is 4.98 Å². The molecule has 2 fully saturated rings. The summed E-state index contributed by atoms with van der Waals surface area (Å²) < 4.78 is 1.06. The number of carbonyl (C=O) groups excluding carboxylic acids is 1. The van der Waals surface area contributed by atoms with Gasteiger partial charge >= 0.3 is 0 Å². The monoisotopic (exact) mass is 387 g/mol. The van der Waals surface area contributed by atoms with Gasteiger partial charge in [-0.05, 0) is 49.6 Å². The van der Waals surface area contributed by atoms with Gasteiger partial charge in [0.2, 0.25) is 5.91 Å². The number of aromatic nitrogens is 1. The van der Waals surface area contributed by atoms with Gasteiger partial charge in [-0.2, -0.15) is 0 Å². The van der Waals surface area contributed by atoms with Crippen molar-refractivity contribution in [1.29, 1.82) is 0 Å². The van der Waals surface area contributed by atoms with Gasteiger partial charge in [0.25, 0.3) is 0 Å². The minimum atomic E-state index is 0.279. The fourth-order valence-corrected chi connectivity index (χ4v) is 4.27. The molecule has 0 bridgehead atoms. The maximum absolute atomic E-state index is 12.5. The van der Waals surface area contributed by atoms with E-state index in [-0.39, 0.29) is 5.92 Å². The SMILES string of the molecule is O=C(C1CCCC1)N1CCC(Nc2ccc3cc(Br)ccc3n2)C1. The molecule has 4 rings (SSSR count). The number of anilines is 1. The van der Waals surface area contributed by atoms with Crippen molar-refractivity contribution in [2.75, 3.05) is 18.4 Å². The second-order valence-corrected chi connectivity index (χ2v) is 7.84. The molecule has 1 aromatic heterocycles. The number of likely N-dealkylation sites (tertiary alicyclic amines) is 1. The van der Waals surface area contributed by atoms with E-state index < -0.39 is 0 Å². The second-order valence-electron chi connectivity index (χ2n) is 6.93. The third-order valence-electron chi connectivity index (χ3n) is 5.21. The van der Waals surface area contributed by atoms with Crippen LogP contribution in [0.1, 0.15) is 32.1 Å². The van der Waals surface area contributed by atoms with Gasteiger partial charge in [0.05, 0.1) is 5.52 Å². The van der Waals surface area contributed by atoms with E-state index >= 15 is 0 Å². The first-order valence-electron chi connectivity index (χ1n) is 8.81. The quantitative estimate of drug-likeness (QED) is 0.857. The molecule has 1 N–H and O–H groups in total. The summed E-state index contributed by atoms with van der Waals surface area (Å²) in [5.74, 6) is 1.54. The van der Waals surface area contributed by atoms with E-state index in [9.17, 15) is 4.79 Å². The molecular formula is C19H22BrN3O. The third kappa shape index (κ3) is 3.27. The topological polar surface area (TPSA) is 45.2 Å². The van der Waals surface area contributed by atoms with Crippen molar-refractivity contribution >= 4 is 38.6 Å². The Bertz CT molecular complexity index is 757. The average molecular weight is 388 g/mol. The molecule has 1 saturated carbocycles.